The van der Waals surface area contributed by atoms with Crippen LogP contribution in [0.15, 0.2) is 18.2 Å². The minimum absolute atomic E-state index is 0.460. The first kappa shape index (κ1) is 15.4. The summed E-state index contributed by atoms with van der Waals surface area (Å²) in [6.07, 6.45) is 0. The van der Waals surface area contributed by atoms with Gasteiger partial charge >= 0.3 is 8.60 Å². The van der Waals surface area contributed by atoms with Crippen molar-refractivity contribution in [1.29, 1.82) is 0 Å². The van der Waals surface area contributed by atoms with Crippen LogP contribution in [0.2, 0.25) is 0 Å². The lowest BCUT2D eigenvalue weighted by atomic mass is 10.1. The zero-order chi connectivity index (χ0) is 13.5. The molecule has 0 aliphatic carbocycles. The highest BCUT2D eigenvalue weighted by Gasteiger charge is 2.23. The van der Waals surface area contributed by atoms with Gasteiger partial charge in [0.25, 0.3) is 0 Å². The highest BCUT2D eigenvalue weighted by Crippen LogP contribution is 2.44. The molecule has 18 heavy (non-hydrogen) atoms. The summed E-state index contributed by atoms with van der Waals surface area (Å²) in [5.41, 5.74) is 2.35. The fourth-order valence-corrected chi connectivity index (χ4v) is 2.79. The van der Waals surface area contributed by atoms with Crippen molar-refractivity contribution in [3.8, 4) is 5.75 Å². The Morgan fingerprint density at radius 1 is 1.17 bits per heavy atom. The van der Waals surface area contributed by atoms with Crippen LogP contribution in [0.4, 0.5) is 0 Å². The molecule has 0 atom stereocenters. The van der Waals surface area contributed by atoms with Crippen molar-refractivity contribution in [2.45, 2.75) is 34.6 Å². The third-order valence-corrected chi connectivity index (χ3v) is 3.50. The molecule has 1 aliphatic heterocycles. The van der Waals surface area contributed by atoms with Gasteiger partial charge in [-0.2, -0.15) is 0 Å². The largest absolute Gasteiger partial charge is 0.426 e. The number of hydrogen-bond donors (Lipinski definition) is 0. The van der Waals surface area contributed by atoms with E-state index in [4.69, 9.17) is 13.6 Å². The van der Waals surface area contributed by atoms with Crippen LogP contribution in [0, 0.1) is 19.8 Å². The van der Waals surface area contributed by atoms with Crippen LogP contribution in [0.1, 0.15) is 31.9 Å². The Kier molecular flexibility index (Phi) is 6.62. The highest BCUT2D eigenvalue weighted by molar-refractivity contribution is 7.42. The molecule has 0 saturated carbocycles. The first-order valence-electron chi connectivity index (χ1n) is 6.46. The Hall–Kier alpha value is -0.630. The van der Waals surface area contributed by atoms with Gasteiger partial charge in [0.05, 0.1) is 13.2 Å². The summed E-state index contributed by atoms with van der Waals surface area (Å²) in [4.78, 5) is 0. The molecule has 0 N–H and O–H groups in total. The fourth-order valence-electron chi connectivity index (χ4n) is 1.50. The second kappa shape index (κ2) is 7.73. The van der Waals surface area contributed by atoms with Crippen LogP contribution >= 0.6 is 8.60 Å². The molecule has 0 radical (unpaired) electrons. The van der Waals surface area contributed by atoms with Gasteiger partial charge in [0.15, 0.2) is 0 Å². The minimum atomic E-state index is -1.20. The molecule has 0 unspecified atom stereocenters. The predicted molar refractivity (Wildman–Crippen MR) is 75.9 cm³/mol. The van der Waals surface area contributed by atoms with Crippen LogP contribution in [-0.4, -0.2) is 13.2 Å². The van der Waals surface area contributed by atoms with E-state index < -0.39 is 8.60 Å². The average Bonchev–Trinajstić information content (AvgIpc) is 2.38. The van der Waals surface area contributed by atoms with Gasteiger partial charge in [-0.1, -0.05) is 38.5 Å². The van der Waals surface area contributed by atoms with Crippen LogP contribution in [0.5, 0.6) is 5.75 Å². The van der Waals surface area contributed by atoms with Crippen LogP contribution in [-0.2, 0) is 9.05 Å². The van der Waals surface area contributed by atoms with Gasteiger partial charge < -0.3 is 13.6 Å². The summed E-state index contributed by atoms with van der Waals surface area (Å²) in [6, 6.07) is 6.10. The Balaban J connectivity index is 0.000000771. The molecule has 3 nitrogen and oxygen atoms in total. The summed E-state index contributed by atoms with van der Waals surface area (Å²) < 4.78 is 16.7. The standard InChI is InChI=1S/C12H17O3P.C2H6/c1-9-4-5-12(11(3)6-9)15-16-13-7-10(2)8-14-16;1-2/h4-6,10H,7-8H2,1-3H3;1-2H3. The maximum Gasteiger partial charge on any atom is 0.397 e. The first-order valence-corrected chi connectivity index (χ1v) is 7.56. The van der Waals surface area contributed by atoms with E-state index in [1.165, 1.54) is 5.56 Å². The van der Waals surface area contributed by atoms with E-state index in [0.29, 0.717) is 5.92 Å². The molecule has 4 heteroatoms. The average molecular weight is 270 g/mol. The number of aryl methyl sites for hydroxylation is 2. The molecule has 1 aromatic rings. The zero-order valence-electron chi connectivity index (χ0n) is 11.9. The van der Waals surface area contributed by atoms with E-state index in [2.05, 4.69) is 19.9 Å². The second-order valence-corrected chi connectivity index (χ2v) is 5.43. The lowest BCUT2D eigenvalue weighted by Gasteiger charge is -2.25. The van der Waals surface area contributed by atoms with Crippen molar-refractivity contribution in [1.82, 2.24) is 0 Å². The van der Waals surface area contributed by atoms with Gasteiger partial charge in [0, 0.05) is 5.92 Å². The lowest BCUT2D eigenvalue weighted by Crippen LogP contribution is -2.17. The van der Waals surface area contributed by atoms with Gasteiger partial charge in [-0.15, -0.1) is 0 Å². The lowest BCUT2D eigenvalue weighted by molar-refractivity contribution is 0.102. The van der Waals surface area contributed by atoms with Crippen molar-refractivity contribution in [3.63, 3.8) is 0 Å². The topological polar surface area (TPSA) is 27.7 Å². The normalized spacial score (nSPS) is 22.9. The predicted octanol–water partition coefficient (Wildman–Crippen LogP) is 4.62. The van der Waals surface area contributed by atoms with Crippen LogP contribution in [0.25, 0.3) is 0 Å². The van der Waals surface area contributed by atoms with Crippen molar-refractivity contribution < 1.29 is 13.6 Å². The van der Waals surface area contributed by atoms with E-state index in [0.717, 1.165) is 24.5 Å². The summed E-state index contributed by atoms with van der Waals surface area (Å²) in [5.74, 6) is 1.31. The SMILES string of the molecule is CC.Cc1ccc(OP2OCC(C)CO2)c(C)c1. The van der Waals surface area contributed by atoms with Crippen molar-refractivity contribution >= 4 is 8.60 Å². The van der Waals surface area contributed by atoms with Gasteiger partial charge in [-0.25, -0.2) is 0 Å². The quantitative estimate of drug-likeness (QED) is 0.734. The minimum Gasteiger partial charge on any atom is -0.426 e. The number of rotatable bonds is 2. The van der Waals surface area contributed by atoms with E-state index in [9.17, 15) is 0 Å². The molecular formula is C14H23O3P. The van der Waals surface area contributed by atoms with Gasteiger partial charge in [-0.05, 0) is 25.5 Å². The molecule has 1 heterocycles. The molecule has 1 aliphatic rings. The third-order valence-electron chi connectivity index (χ3n) is 2.43. The molecule has 0 aromatic heterocycles. The van der Waals surface area contributed by atoms with Crippen molar-refractivity contribution in [2.24, 2.45) is 5.92 Å². The van der Waals surface area contributed by atoms with Gasteiger partial charge in [-0.3, -0.25) is 0 Å². The number of benzene rings is 1. The highest BCUT2D eigenvalue weighted by atomic mass is 31.2. The maximum atomic E-state index is 5.71. The molecule has 2 rings (SSSR count). The van der Waals surface area contributed by atoms with Gasteiger partial charge in [0.1, 0.15) is 5.75 Å². The summed E-state index contributed by atoms with van der Waals surface area (Å²) in [6.45, 7) is 11.6. The molecule has 1 fully saturated rings. The zero-order valence-corrected chi connectivity index (χ0v) is 12.8. The Morgan fingerprint density at radius 2 is 1.78 bits per heavy atom. The molecule has 1 aromatic carbocycles. The van der Waals surface area contributed by atoms with E-state index in [-0.39, 0.29) is 0 Å². The van der Waals surface area contributed by atoms with Crippen molar-refractivity contribution in [2.75, 3.05) is 13.2 Å². The van der Waals surface area contributed by atoms with E-state index in [1.54, 1.807) is 0 Å². The molecule has 1 saturated heterocycles. The molecule has 0 bridgehead atoms. The van der Waals surface area contributed by atoms with Gasteiger partial charge in [0.2, 0.25) is 0 Å². The monoisotopic (exact) mass is 270 g/mol. The summed E-state index contributed by atoms with van der Waals surface area (Å²) >= 11 is 0. The summed E-state index contributed by atoms with van der Waals surface area (Å²) in [5, 5.41) is 0. The fraction of sp³-hybridized carbons (Fsp3) is 0.571. The third kappa shape index (κ3) is 4.56. The van der Waals surface area contributed by atoms with E-state index in [1.807, 2.05) is 32.9 Å². The smallest absolute Gasteiger partial charge is 0.397 e. The molecular weight excluding hydrogens is 247 g/mol. The molecule has 0 amide bonds. The first-order chi connectivity index (χ1) is 8.65. The van der Waals surface area contributed by atoms with E-state index >= 15 is 0 Å². The number of hydrogen-bond acceptors (Lipinski definition) is 3. The van der Waals surface area contributed by atoms with Crippen molar-refractivity contribution in [3.05, 3.63) is 29.3 Å². The Morgan fingerprint density at radius 3 is 2.33 bits per heavy atom. The van der Waals surface area contributed by atoms with Crippen LogP contribution in [0.3, 0.4) is 0 Å². The van der Waals surface area contributed by atoms with Crippen LogP contribution < -0.4 is 4.52 Å². The maximum absolute atomic E-state index is 5.71. The Labute approximate surface area is 111 Å². The summed E-state index contributed by atoms with van der Waals surface area (Å²) in [7, 11) is -1.20. The Bertz CT molecular complexity index is 360. The second-order valence-electron chi connectivity index (χ2n) is 4.28. The molecule has 0 spiro atoms. The molecule has 102 valence electrons.